The lowest BCUT2D eigenvalue weighted by molar-refractivity contribution is 0.0228. The molecule has 0 saturated carbocycles. The molecule has 1 aliphatic heterocycles. The first-order chi connectivity index (χ1) is 7.83. The highest BCUT2D eigenvalue weighted by Crippen LogP contribution is 2.25. The van der Waals surface area contributed by atoms with Gasteiger partial charge in [-0.25, -0.2) is 4.79 Å². The van der Waals surface area contributed by atoms with E-state index in [4.69, 9.17) is 10.3 Å². The lowest BCUT2D eigenvalue weighted by Crippen LogP contribution is -2.41. The van der Waals surface area contributed by atoms with Gasteiger partial charge in [-0.05, 0) is 38.6 Å². The minimum Gasteiger partial charge on any atom is -0.444 e. The molecule has 96 valence electrons. The summed E-state index contributed by atoms with van der Waals surface area (Å²) in [6, 6.07) is -0.0317. The van der Waals surface area contributed by atoms with Crippen molar-refractivity contribution in [2.24, 2.45) is 11.0 Å². The van der Waals surface area contributed by atoms with E-state index < -0.39 is 5.60 Å². The summed E-state index contributed by atoms with van der Waals surface area (Å²) in [5.41, 5.74) is 7.83. The van der Waals surface area contributed by atoms with Gasteiger partial charge in [0.1, 0.15) is 5.60 Å². The van der Waals surface area contributed by atoms with E-state index in [1.165, 1.54) is 0 Å². The molecule has 2 atom stereocenters. The van der Waals surface area contributed by atoms with Crippen LogP contribution in [0.5, 0.6) is 0 Å². The zero-order valence-corrected chi connectivity index (χ0v) is 10.9. The van der Waals surface area contributed by atoms with E-state index in [9.17, 15) is 4.79 Å². The highest BCUT2D eigenvalue weighted by atomic mass is 16.6. The molecular formula is C11H20N4O2. The molecular weight excluding hydrogens is 220 g/mol. The monoisotopic (exact) mass is 240 g/mol. The average Bonchev–Trinajstić information content (AvgIpc) is 2.54. The average molecular weight is 240 g/mol. The number of ether oxygens (including phenoxy) is 1. The largest absolute Gasteiger partial charge is 0.444 e. The van der Waals surface area contributed by atoms with Crippen molar-refractivity contribution in [3.8, 4) is 0 Å². The second-order valence-electron chi connectivity index (χ2n) is 5.54. The van der Waals surface area contributed by atoms with Crippen molar-refractivity contribution in [3.63, 3.8) is 0 Å². The maximum absolute atomic E-state index is 11.9. The summed E-state index contributed by atoms with van der Waals surface area (Å²) in [6.45, 7) is 8.58. The fraction of sp³-hybridized carbons (Fsp3) is 0.909. The van der Waals surface area contributed by atoms with Crippen LogP contribution in [-0.2, 0) is 4.74 Å². The van der Waals surface area contributed by atoms with Gasteiger partial charge < -0.3 is 9.64 Å². The number of rotatable bonds is 2. The van der Waals surface area contributed by atoms with E-state index >= 15 is 0 Å². The van der Waals surface area contributed by atoms with Gasteiger partial charge in [0.25, 0.3) is 0 Å². The number of nitrogens with zero attached hydrogens (tertiary/aromatic N) is 4. The van der Waals surface area contributed by atoms with Crippen molar-refractivity contribution in [2.75, 3.05) is 13.1 Å². The minimum absolute atomic E-state index is 0.0317. The number of azide groups is 1. The number of hydrogen-bond acceptors (Lipinski definition) is 3. The Hall–Kier alpha value is -1.42. The Morgan fingerprint density at radius 3 is 2.76 bits per heavy atom. The number of hydrogen-bond donors (Lipinski definition) is 0. The highest BCUT2D eigenvalue weighted by Gasteiger charge is 2.35. The molecule has 6 heteroatoms. The van der Waals surface area contributed by atoms with E-state index in [0.29, 0.717) is 19.0 Å². The first-order valence-corrected chi connectivity index (χ1v) is 5.84. The normalized spacial score (nSPS) is 24.4. The van der Waals surface area contributed by atoms with Gasteiger partial charge in [-0.3, -0.25) is 0 Å². The molecule has 0 unspecified atom stereocenters. The van der Waals surface area contributed by atoms with Crippen molar-refractivity contribution < 1.29 is 9.53 Å². The standard InChI is InChI=1S/C11H20N4O2/c1-8-5-9(6-13-14-12)15(7-8)10(16)17-11(2,3)4/h8-9H,5-7H2,1-4H3/t8-,9+/m0/s1. The SMILES string of the molecule is C[C@H]1C[C@H](CN=[N+]=[N-])N(C(=O)OC(C)(C)C)C1. The summed E-state index contributed by atoms with van der Waals surface area (Å²) in [6.07, 6.45) is 0.540. The smallest absolute Gasteiger partial charge is 0.410 e. The van der Waals surface area contributed by atoms with Crippen LogP contribution in [0.15, 0.2) is 5.11 Å². The molecule has 17 heavy (non-hydrogen) atoms. The third kappa shape index (κ3) is 4.15. The van der Waals surface area contributed by atoms with Gasteiger partial charge in [0, 0.05) is 24.0 Å². The minimum atomic E-state index is -0.494. The van der Waals surface area contributed by atoms with Gasteiger partial charge in [-0.15, -0.1) is 0 Å². The van der Waals surface area contributed by atoms with Crippen LogP contribution >= 0.6 is 0 Å². The highest BCUT2D eigenvalue weighted by molar-refractivity contribution is 5.69. The van der Waals surface area contributed by atoms with Crippen LogP contribution in [0, 0.1) is 5.92 Å². The summed E-state index contributed by atoms with van der Waals surface area (Å²) in [7, 11) is 0. The number of carbonyl (C=O) groups excluding carboxylic acids is 1. The van der Waals surface area contributed by atoms with E-state index in [-0.39, 0.29) is 12.1 Å². The predicted octanol–water partition coefficient (Wildman–Crippen LogP) is 2.94. The van der Waals surface area contributed by atoms with E-state index in [2.05, 4.69) is 16.9 Å². The molecule has 6 nitrogen and oxygen atoms in total. The Labute approximate surface area is 102 Å². The summed E-state index contributed by atoms with van der Waals surface area (Å²) in [5, 5.41) is 3.55. The molecule has 0 radical (unpaired) electrons. The van der Waals surface area contributed by atoms with Crippen molar-refractivity contribution in [2.45, 2.75) is 45.8 Å². The van der Waals surface area contributed by atoms with Crippen LogP contribution in [0.4, 0.5) is 4.79 Å². The number of likely N-dealkylation sites (tertiary alicyclic amines) is 1. The Kier molecular flexibility index (Phi) is 4.23. The topological polar surface area (TPSA) is 78.3 Å². The summed E-state index contributed by atoms with van der Waals surface area (Å²) < 4.78 is 5.33. The van der Waals surface area contributed by atoms with Crippen LogP contribution in [0.3, 0.4) is 0 Å². The van der Waals surface area contributed by atoms with Crippen LogP contribution < -0.4 is 0 Å². The Morgan fingerprint density at radius 1 is 1.59 bits per heavy atom. The van der Waals surface area contributed by atoms with Crippen molar-refractivity contribution in [1.82, 2.24) is 4.90 Å². The van der Waals surface area contributed by atoms with Gasteiger partial charge >= 0.3 is 6.09 Å². The molecule has 1 rings (SSSR count). The van der Waals surface area contributed by atoms with Crippen molar-refractivity contribution in [1.29, 1.82) is 0 Å². The van der Waals surface area contributed by atoms with Crippen molar-refractivity contribution >= 4 is 6.09 Å². The third-order valence-electron chi connectivity index (χ3n) is 2.61. The molecule has 1 fully saturated rings. The lowest BCUT2D eigenvalue weighted by Gasteiger charge is -2.27. The van der Waals surface area contributed by atoms with Gasteiger partial charge in [0.15, 0.2) is 0 Å². The zero-order valence-electron chi connectivity index (χ0n) is 10.9. The Bertz CT molecular complexity index is 331. The predicted molar refractivity (Wildman–Crippen MR) is 64.5 cm³/mol. The molecule has 0 N–H and O–H groups in total. The van der Waals surface area contributed by atoms with Crippen LogP contribution in [0.2, 0.25) is 0 Å². The molecule has 0 aromatic carbocycles. The molecule has 1 saturated heterocycles. The van der Waals surface area contributed by atoms with E-state index in [1.807, 2.05) is 20.8 Å². The van der Waals surface area contributed by atoms with Gasteiger partial charge in [-0.1, -0.05) is 12.0 Å². The maximum Gasteiger partial charge on any atom is 0.410 e. The first-order valence-electron chi connectivity index (χ1n) is 5.84. The van der Waals surface area contributed by atoms with Gasteiger partial charge in [0.2, 0.25) is 0 Å². The van der Waals surface area contributed by atoms with Crippen LogP contribution in [0.1, 0.15) is 34.1 Å². The first kappa shape index (κ1) is 13.6. The van der Waals surface area contributed by atoms with Gasteiger partial charge in [0.05, 0.1) is 0 Å². The fourth-order valence-corrected chi connectivity index (χ4v) is 2.00. The molecule has 1 heterocycles. The van der Waals surface area contributed by atoms with Gasteiger partial charge in [-0.2, -0.15) is 0 Å². The Balaban J connectivity index is 2.66. The number of carbonyl (C=O) groups is 1. The van der Waals surface area contributed by atoms with E-state index in [0.717, 1.165) is 6.42 Å². The second kappa shape index (κ2) is 5.27. The summed E-state index contributed by atoms with van der Waals surface area (Å²) in [4.78, 5) is 16.4. The summed E-state index contributed by atoms with van der Waals surface area (Å²) in [5.74, 6) is 0.418. The maximum atomic E-state index is 11.9. The molecule has 0 bridgehead atoms. The second-order valence-corrected chi connectivity index (χ2v) is 5.54. The zero-order chi connectivity index (χ0) is 13.1. The quantitative estimate of drug-likeness (QED) is 0.422. The molecule has 0 aliphatic carbocycles. The summed E-state index contributed by atoms with van der Waals surface area (Å²) >= 11 is 0. The van der Waals surface area contributed by atoms with Crippen molar-refractivity contribution in [3.05, 3.63) is 10.4 Å². The molecule has 0 aromatic rings. The fourth-order valence-electron chi connectivity index (χ4n) is 2.00. The lowest BCUT2D eigenvalue weighted by atomic mass is 10.1. The Morgan fingerprint density at radius 2 is 2.24 bits per heavy atom. The number of amides is 1. The van der Waals surface area contributed by atoms with E-state index in [1.54, 1.807) is 4.90 Å². The molecule has 0 aromatic heterocycles. The molecule has 1 amide bonds. The molecule has 1 aliphatic rings. The molecule has 0 spiro atoms. The van der Waals surface area contributed by atoms with Crippen LogP contribution in [-0.4, -0.2) is 35.7 Å². The third-order valence-corrected chi connectivity index (χ3v) is 2.61. The van der Waals surface area contributed by atoms with Crippen LogP contribution in [0.25, 0.3) is 10.4 Å².